The lowest BCUT2D eigenvalue weighted by molar-refractivity contribution is -0.144. The summed E-state index contributed by atoms with van der Waals surface area (Å²) in [7, 11) is -4.66. The van der Waals surface area contributed by atoms with Gasteiger partial charge in [-0.05, 0) is 46.5 Å². The Morgan fingerprint density at radius 2 is 1.46 bits per heavy atom. The number of hydrazone groups is 1. The topological polar surface area (TPSA) is 201 Å². The lowest BCUT2D eigenvalue weighted by Crippen LogP contribution is -2.60. The Morgan fingerprint density at radius 1 is 0.951 bits per heavy atom. The van der Waals surface area contributed by atoms with Gasteiger partial charge in [0.25, 0.3) is 17.7 Å². The molecule has 1 aromatic rings. The number of carbonyl (C=O) groups excluding carboxylic acids is 5. The van der Waals surface area contributed by atoms with Crippen molar-refractivity contribution in [3.05, 3.63) is 11.3 Å². The number of carbonyl (C=O) groups is 5. The van der Waals surface area contributed by atoms with E-state index in [1.807, 2.05) is 0 Å². The third kappa shape index (κ3) is 7.39. The number of likely N-dealkylation sites (tertiary alicyclic amines) is 1. The standard InChI is InChI=1S/C24H35N7O9S/c1-4-39-17(32)10-8-14-30-23(35)20(24(36)31(41(30,37)38)15-9-11-18(33)40-5-2)26-28-21-19(16(3)25-27-21)22(34)29-12-6-7-13-29/h4-15H2,1-3H3,(H2,25,27,28). The predicted octanol–water partition coefficient (Wildman–Crippen LogP) is 0.324. The highest BCUT2D eigenvalue weighted by molar-refractivity contribution is 7.88. The molecule has 2 fully saturated rings. The van der Waals surface area contributed by atoms with Gasteiger partial charge >= 0.3 is 22.1 Å². The van der Waals surface area contributed by atoms with Gasteiger partial charge in [0.1, 0.15) is 5.56 Å². The minimum absolute atomic E-state index is 0.0383. The SMILES string of the molecule is CCOC(=O)CCCN1C(=O)C(=NNc2n[nH]c(C)c2C(=O)N2CCCC2)C(=O)N(CCCC(=O)OCC)S1(=O)=O. The van der Waals surface area contributed by atoms with E-state index >= 15 is 0 Å². The lowest BCUT2D eigenvalue weighted by Gasteiger charge is -2.34. The predicted molar refractivity (Wildman–Crippen MR) is 144 cm³/mol. The largest absolute Gasteiger partial charge is 0.466 e. The molecule has 0 aromatic carbocycles. The molecule has 0 radical (unpaired) electrons. The van der Waals surface area contributed by atoms with Crippen LogP contribution in [0.15, 0.2) is 5.10 Å². The number of aryl methyl sites for hydroxylation is 1. The molecule has 226 valence electrons. The van der Waals surface area contributed by atoms with E-state index < -0.39 is 52.8 Å². The second-order valence-electron chi connectivity index (χ2n) is 9.22. The number of nitrogens with zero attached hydrogens (tertiary/aromatic N) is 5. The molecule has 2 saturated heterocycles. The summed E-state index contributed by atoms with van der Waals surface area (Å²) in [5.74, 6) is -3.92. The summed E-state index contributed by atoms with van der Waals surface area (Å²) in [6, 6.07) is 0. The van der Waals surface area contributed by atoms with Gasteiger partial charge in [0.05, 0.1) is 13.2 Å². The molecule has 17 heteroatoms. The van der Waals surface area contributed by atoms with Crippen LogP contribution in [0.5, 0.6) is 0 Å². The van der Waals surface area contributed by atoms with Gasteiger partial charge in [0, 0.05) is 44.7 Å². The van der Waals surface area contributed by atoms with E-state index in [1.54, 1.807) is 25.7 Å². The van der Waals surface area contributed by atoms with Crippen LogP contribution in [0, 0.1) is 6.92 Å². The molecular formula is C24H35N7O9S. The maximum atomic E-state index is 13.3. The molecule has 2 aliphatic rings. The first-order chi connectivity index (χ1) is 19.5. The van der Waals surface area contributed by atoms with Gasteiger partial charge in [0.15, 0.2) is 5.82 Å². The number of esters is 2. The summed E-state index contributed by atoms with van der Waals surface area (Å²) >= 11 is 0. The molecule has 0 atom stereocenters. The fourth-order valence-corrected chi connectivity index (χ4v) is 5.89. The third-order valence-electron chi connectivity index (χ3n) is 6.34. The number of nitrogens with one attached hydrogen (secondary N) is 2. The molecule has 1 aromatic heterocycles. The average molecular weight is 598 g/mol. The summed E-state index contributed by atoms with van der Waals surface area (Å²) < 4.78 is 37.2. The van der Waals surface area contributed by atoms with E-state index in [2.05, 4.69) is 20.7 Å². The number of aromatic amines is 1. The second-order valence-corrected chi connectivity index (χ2v) is 11.0. The molecule has 16 nitrogen and oxygen atoms in total. The van der Waals surface area contributed by atoms with Gasteiger partial charge in [0.2, 0.25) is 5.71 Å². The summed E-state index contributed by atoms with van der Waals surface area (Å²) in [5.41, 5.74) is 2.33. The summed E-state index contributed by atoms with van der Waals surface area (Å²) in [4.78, 5) is 64.7. The van der Waals surface area contributed by atoms with E-state index in [4.69, 9.17) is 9.47 Å². The highest BCUT2D eigenvalue weighted by Gasteiger charge is 2.47. The van der Waals surface area contributed by atoms with E-state index in [0.717, 1.165) is 12.8 Å². The van der Waals surface area contributed by atoms with Crippen molar-refractivity contribution in [2.75, 3.05) is 44.8 Å². The van der Waals surface area contributed by atoms with Gasteiger partial charge in [-0.15, -0.1) is 0 Å². The summed E-state index contributed by atoms with van der Waals surface area (Å²) in [6.07, 6.45) is 1.27. The number of hydrogen-bond donors (Lipinski definition) is 2. The zero-order valence-electron chi connectivity index (χ0n) is 23.3. The fourth-order valence-electron chi connectivity index (χ4n) is 4.34. The van der Waals surface area contributed by atoms with Crippen LogP contribution in [0.2, 0.25) is 0 Å². The van der Waals surface area contributed by atoms with Crippen molar-refractivity contribution in [1.29, 1.82) is 0 Å². The Hall–Kier alpha value is -4.02. The van der Waals surface area contributed by atoms with Crippen LogP contribution >= 0.6 is 0 Å². The van der Waals surface area contributed by atoms with Crippen LogP contribution in [0.25, 0.3) is 0 Å². The van der Waals surface area contributed by atoms with Gasteiger partial charge < -0.3 is 14.4 Å². The normalized spacial score (nSPS) is 16.7. The number of hydrogen-bond acceptors (Lipinski definition) is 12. The Labute approximate surface area is 237 Å². The Balaban J connectivity index is 1.87. The Kier molecular flexibility index (Phi) is 10.8. The number of rotatable bonds is 13. The molecule has 2 N–H and O–H groups in total. The van der Waals surface area contributed by atoms with E-state index in [-0.39, 0.29) is 56.2 Å². The molecule has 3 heterocycles. The minimum Gasteiger partial charge on any atom is -0.466 e. The summed E-state index contributed by atoms with van der Waals surface area (Å²) in [5, 5.41) is 10.6. The van der Waals surface area contributed by atoms with Gasteiger partial charge in [-0.2, -0.15) is 18.6 Å². The average Bonchev–Trinajstić information content (AvgIpc) is 3.58. The monoisotopic (exact) mass is 597 g/mol. The van der Waals surface area contributed by atoms with Crippen LogP contribution in [0.1, 0.15) is 68.4 Å². The van der Waals surface area contributed by atoms with Crippen molar-refractivity contribution in [2.24, 2.45) is 5.10 Å². The van der Waals surface area contributed by atoms with Crippen molar-refractivity contribution in [3.8, 4) is 0 Å². The van der Waals surface area contributed by atoms with Gasteiger partial charge in [-0.3, -0.25) is 34.5 Å². The molecule has 41 heavy (non-hydrogen) atoms. The molecule has 0 bridgehead atoms. The van der Waals surface area contributed by atoms with Crippen molar-refractivity contribution >= 4 is 51.4 Å². The highest BCUT2D eigenvalue weighted by Crippen LogP contribution is 2.23. The van der Waals surface area contributed by atoms with E-state index in [1.165, 1.54) is 0 Å². The smallest absolute Gasteiger partial charge is 0.331 e. The first-order valence-corrected chi connectivity index (χ1v) is 14.8. The van der Waals surface area contributed by atoms with Crippen LogP contribution < -0.4 is 5.43 Å². The zero-order valence-corrected chi connectivity index (χ0v) is 24.1. The second kappa shape index (κ2) is 14.0. The van der Waals surface area contributed by atoms with Crippen molar-refractivity contribution < 1.29 is 41.9 Å². The van der Waals surface area contributed by atoms with Crippen LogP contribution in [-0.2, 0) is 38.9 Å². The van der Waals surface area contributed by atoms with Crippen molar-refractivity contribution in [2.45, 2.75) is 59.3 Å². The number of aromatic nitrogens is 2. The van der Waals surface area contributed by atoms with Crippen LogP contribution in [-0.4, -0.2) is 107 Å². The fraction of sp³-hybridized carbons (Fsp3) is 0.625. The molecule has 3 amide bonds. The maximum absolute atomic E-state index is 13.3. The molecular weight excluding hydrogens is 562 g/mol. The third-order valence-corrected chi connectivity index (χ3v) is 8.15. The van der Waals surface area contributed by atoms with Crippen molar-refractivity contribution in [1.82, 2.24) is 23.7 Å². The number of amides is 3. The first kappa shape index (κ1) is 31.5. The van der Waals surface area contributed by atoms with Gasteiger partial charge in [-0.25, -0.2) is 8.61 Å². The van der Waals surface area contributed by atoms with E-state index in [9.17, 15) is 32.4 Å². The quantitative estimate of drug-likeness (QED) is 0.234. The van der Waals surface area contributed by atoms with Crippen LogP contribution in [0.4, 0.5) is 5.82 Å². The van der Waals surface area contributed by atoms with E-state index in [0.29, 0.717) is 27.4 Å². The molecule has 0 unspecified atom stereocenters. The molecule has 0 aliphatic carbocycles. The Bertz CT molecular complexity index is 1250. The molecule has 0 saturated carbocycles. The van der Waals surface area contributed by atoms with Gasteiger partial charge in [-0.1, -0.05) is 0 Å². The molecule has 2 aliphatic heterocycles. The van der Waals surface area contributed by atoms with Crippen LogP contribution in [0.3, 0.4) is 0 Å². The number of H-pyrrole nitrogens is 1. The van der Waals surface area contributed by atoms with Crippen molar-refractivity contribution in [3.63, 3.8) is 0 Å². The number of ether oxygens (including phenoxy) is 2. The lowest BCUT2D eigenvalue weighted by atomic mass is 10.2. The highest BCUT2D eigenvalue weighted by atomic mass is 32.2. The minimum atomic E-state index is -4.66. The molecule has 3 rings (SSSR count). The zero-order chi connectivity index (χ0) is 30.2. The Morgan fingerprint density at radius 3 is 1.95 bits per heavy atom. The number of anilines is 1. The maximum Gasteiger partial charge on any atom is 0.331 e. The molecule has 0 spiro atoms. The summed E-state index contributed by atoms with van der Waals surface area (Å²) in [6.45, 7) is 5.45. The first-order valence-electron chi connectivity index (χ1n) is 13.4.